The second-order valence-electron chi connectivity index (χ2n) is 5.19. The SMILES string of the molecule is O=C(O)[C@H]1CCCN1C(=O)CCC[S@@](=O)c1ccc(Br)cc1. The van der Waals surface area contributed by atoms with E-state index in [0.29, 0.717) is 25.1 Å². The summed E-state index contributed by atoms with van der Waals surface area (Å²) in [6, 6.07) is 6.57. The lowest BCUT2D eigenvalue weighted by Gasteiger charge is -2.21. The van der Waals surface area contributed by atoms with Gasteiger partial charge in [-0.25, -0.2) is 4.79 Å². The van der Waals surface area contributed by atoms with Gasteiger partial charge in [-0.3, -0.25) is 9.00 Å². The zero-order valence-electron chi connectivity index (χ0n) is 12.0. The van der Waals surface area contributed by atoms with E-state index in [2.05, 4.69) is 15.9 Å². The van der Waals surface area contributed by atoms with Crippen LogP contribution in [0.5, 0.6) is 0 Å². The van der Waals surface area contributed by atoms with E-state index in [1.165, 1.54) is 4.90 Å². The lowest BCUT2D eigenvalue weighted by atomic mass is 10.2. The van der Waals surface area contributed by atoms with Crippen LogP contribution in [-0.2, 0) is 20.4 Å². The fourth-order valence-corrected chi connectivity index (χ4v) is 3.87. The maximum atomic E-state index is 12.1. The van der Waals surface area contributed by atoms with Gasteiger partial charge < -0.3 is 10.0 Å². The predicted molar refractivity (Wildman–Crippen MR) is 87.0 cm³/mol. The van der Waals surface area contributed by atoms with Crippen LogP contribution in [0.3, 0.4) is 0 Å². The van der Waals surface area contributed by atoms with Crippen molar-refractivity contribution in [3.05, 3.63) is 28.7 Å². The van der Waals surface area contributed by atoms with E-state index in [-0.39, 0.29) is 12.3 Å². The number of nitrogens with zero attached hydrogens (tertiary/aromatic N) is 1. The molecule has 120 valence electrons. The zero-order valence-corrected chi connectivity index (χ0v) is 14.4. The molecule has 1 aromatic rings. The van der Waals surface area contributed by atoms with Gasteiger partial charge in [0.1, 0.15) is 6.04 Å². The molecule has 0 aromatic heterocycles. The Morgan fingerprint density at radius 2 is 2.00 bits per heavy atom. The molecular weight excluding hydrogens is 370 g/mol. The molecule has 0 radical (unpaired) electrons. The first kappa shape index (κ1) is 17.1. The molecule has 0 unspecified atom stereocenters. The van der Waals surface area contributed by atoms with Gasteiger partial charge in [0.05, 0.1) is 10.8 Å². The van der Waals surface area contributed by atoms with Crippen LogP contribution in [0.25, 0.3) is 0 Å². The highest BCUT2D eigenvalue weighted by Crippen LogP contribution is 2.19. The van der Waals surface area contributed by atoms with Crippen molar-refractivity contribution in [1.82, 2.24) is 4.90 Å². The number of halogens is 1. The van der Waals surface area contributed by atoms with Gasteiger partial charge in [-0.05, 0) is 43.5 Å². The summed E-state index contributed by atoms with van der Waals surface area (Å²) in [7, 11) is -1.14. The molecule has 22 heavy (non-hydrogen) atoms. The van der Waals surface area contributed by atoms with E-state index >= 15 is 0 Å². The summed E-state index contributed by atoms with van der Waals surface area (Å²) in [6.07, 6.45) is 1.98. The number of hydrogen-bond donors (Lipinski definition) is 1. The molecule has 1 N–H and O–H groups in total. The molecule has 1 amide bonds. The normalized spacial score (nSPS) is 19.1. The Morgan fingerprint density at radius 1 is 1.32 bits per heavy atom. The smallest absolute Gasteiger partial charge is 0.326 e. The van der Waals surface area contributed by atoms with Crippen LogP contribution in [0.4, 0.5) is 0 Å². The van der Waals surface area contributed by atoms with Crippen molar-refractivity contribution in [2.24, 2.45) is 0 Å². The maximum Gasteiger partial charge on any atom is 0.326 e. The first-order valence-electron chi connectivity index (χ1n) is 7.15. The van der Waals surface area contributed by atoms with Crippen LogP contribution in [0.15, 0.2) is 33.6 Å². The van der Waals surface area contributed by atoms with Crippen LogP contribution >= 0.6 is 15.9 Å². The monoisotopic (exact) mass is 387 g/mol. The Morgan fingerprint density at radius 3 is 2.64 bits per heavy atom. The van der Waals surface area contributed by atoms with Gasteiger partial charge in [0.2, 0.25) is 5.91 Å². The standard InChI is InChI=1S/C15H18BrNO4S/c16-11-5-7-12(8-6-11)22(21)10-2-4-14(18)17-9-1-3-13(17)15(19)20/h5-8,13H,1-4,9-10H2,(H,19,20)/t13-,22-/m1/s1. The number of likely N-dealkylation sites (tertiary alicyclic amines) is 1. The average Bonchev–Trinajstić information content (AvgIpc) is 2.97. The molecule has 7 heteroatoms. The van der Waals surface area contributed by atoms with Gasteiger partial charge >= 0.3 is 5.97 Å². The first-order chi connectivity index (χ1) is 10.5. The van der Waals surface area contributed by atoms with E-state index < -0.39 is 22.8 Å². The molecule has 2 rings (SSSR count). The van der Waals surface area contributed by atoms with Crippen molar-refractivity contribution in [2.75, 3.05) is 12.3 Å². The Balaban J connectivity index is 1.80. The minimum Gasteiger partial charge on any atom is -0.480 e. The number of benzene rings is 1. The Kier molecular flexibility index (Phi) is 6.14. The van der Waals surface area contributed by atoms with E-state index in [9.17, 15) is 13.8 Å². The minimum atomic E-state index is -1.14. The van der Waals surface area contributed by atoms with Crippen LogP contribution in [0.1, 0.15) is 25.7 Å². The molecule has 5 nitrogen and oxygen atoms in total. The number of amides is 1. The molecule has 1 heterocycles. The number of rotatable bonds is 6. The largest absolute Gasteiger partial charge is 0.480 e. The minimum absolute atomic E-state index is 0.155. The molecule has 0 aliphatic carbocycles. The lowest BCUT2D eigenvalue weighted by molar-refractivity contribution is -0.148. The summed E-state index contributed by atoms with van der Waals surface area (Å²) < 4.78 is 13.0. The molecule has 0 spiro atoms. The quantitative estimate of drug-likeness (QED) is 0.812. The summed E-state index contributed by atoms with van der Waals surface area (Å²) in [6.45, 7) is 0.506. The van der Waals surface area contributed by atoms with Gasteiger partial charge in [0.25, 0.3) is 0 Å². The molecule has 0 saturated carbocycles. The fourth-order valence-electron chi connectivity index (χ4n) is 2.52. The number of aliphatic carboxylic acids is 1. The van der Waals surface area contributed by atoms with Gasteiger partial charge in [-0.2, -0.15) is 0 Å². The average molecular weight is 388 g/mol. The second-order valence-corrected chi connectivity index (χ2v) is 7.68. The Hall–Kier alpha value is -1.21. The highest BCUT2D eigenvalue weighted by atomic mass is 79.9. The summed E-state index contributed by atoms with van der Waals surface area (Å²) in [5, 5.41) is 9.07. The topological polar surface area (TPSA) is 74.7 Å². The van der Waals surface area contributed by atoms with E-state index in [1.807, 2.05) is 12.1 Å². The molecular formula is C15H18BrNO4S. The Labute approximate surface area is 140 Å². The van der Waals surface area contributed by atoms with E-state index in [0.717, 1.165) is 15.8 Å². The molecule has 1 aliphatic heterocycles. The molecule has 1 saturated heterocycles. The van der Waals surface area contributed by atoms with Crippen LogP contribution in [0, 0.1) is 0 Å². The number of carboxylic acid groups (broad SMARTS) is 1. The van der Waals surface area contributed by atoms with Gasteiger partial charge in [0, 0.05) is 28.1 Å². The molecule has 1 fully saturated rings. The van der Waals surface area contributed by atoms with Gasteiger partial charge in [-0.1, -0.05) is 15.9 Å². The van der Waals surface area contributed by atoms with Crippen molar-refractivity contribution in [3.63, 3.8) is 0 Å². The van der Waals surface area contributed by atoms with Crippen molar-refractivity contribution in [3.8, 4) is 0 Å². The van der Waals surface area contributed by atoms with Crippen LogP contribution in [0.2, 0.25) is 0 Å². The van der Waals surface area contributed by atoms with Crippen molar-refractivity contribution in [1.29, 1.82) is 0 Å². The predicted octanol–water partition coefficient (Wildman–Crippen LogP) is 2.41. The summed E-state index contributed by atoms with van der Waals surface area (Å²) in [5.41, 5.74) is 0. The zero-order chi connectivity index (χ0) is 16.1. The number of carbonyl (C=O) groups is 2. The third-order valence-electron chi connectivity index (χ3n) is 3.66. The van der Waals surface area contributed by atoms with Crippen LogP contribution in [-0.4, -0.2) is 44.4 Å². The summed E-state index contributed by atoms with van der Waals surface area (Å²) >= 11 is 3.32. The van der Waals surface area contributed by atoms with Crippen molar-refractivity contribution >= 4 is 38.6 Å². The van der Waals surface area contributed by atoms with E-state index in [1.54, 1.807) is 12.1 Å². The van der Waals surface area contributed by atoms with Crippen LogP contribution < -0.4 is 0 Å². The molecule has 0 bridgehead atoms. The maximum absolute atomic E-state index is 12.1. The summed E-state index contributed by atoms with van der Waals surface area (Å²) in [5.74, 6) is -0.694. The molecule has 2 atom stereocenters. The second kappa shape index (κ2) is 7.87. The fraction of sp³-hybridized carbons (Fsp3) is 0.467. The Bertz CT molecular complexity index is 575. The van der Waals surface area contributed by atoms with Gasteiger partial charge in [0.15, 0.2) is 0 Å². The highest BCUT2D eigenvalue weighted by Gasteiger charge is 2.33. The first-order valence-corrected chi connectivity index (χ1v) is 9.26. The summed E-state index contributed by atoms with van der Waals surface area (Å²) in [4.78, 5) is 25.3. The number of carboxylic acids is 1. The third kappa shape index (κ3) is 4.39. The highest BCUT2D eigenvalue weighted by molar-refractivity contribution is 9.10. The molecule has 1 aliphatic rings. The van der Waals surface area contributed by atoms with E-state index in [4.69, 9.17) is 5.11 Å². The number of hydrogen-bond acceptors (Lipinski definition) is 3. The van der Waals surface area contributed by atoms with Gasteiger partial charge in [-0.15, -0.1) is 0 Å². The number of carbonyl (C=O) groups excluding carboxylic acids is 1. The lowest BCUT2D eigenvalue weighted by Crippen LogP contribution is -2.40. The van der Waals surface area contributed by atoms with Crippen molar-refractivity contribution < 1.29 is 18.9 Å². The molecule has 1 aromatic carbocycles. The van der Waals surface area contributed by atoms with Crippen molar-refractivity contribution in [2.45, 2.75) is 36.6 Å². The third-order valence-corrected chi connectivity index (χ3v) is 5.64.